The van der Waals surface area contributed by atoms with E-state index in [2.05, 4.69) is 5.32 Å². The fourth-order valence-electron chi connectivity index (χ4n) is 1.65. The molecule has 0 heterocycles. The number of rotatable bonds is 6. The molecule has 0 saturated carbocycles. The van der Waals surface area contributed by atoms with Crippen molar-refractivity contribution in [2.24, 2.45) is 0 Å². The molecule has 0 saturated heterocycles. The van der Waals surface area contributed by atoms with Gasteiger partial charge in [0.15, 0.2) is 13.2 Å². The molecule has 0 aliphatic rings. The molecule has 110 valence electrons. The minimum atomic E-state index is -0.566. The number of benzene rings is 1. The molecule has 1 rings (SSSR count). The number of ether oxygens (including phenoxy) is 2. The Balaban J connectivity index is 2.34. The van der Waals surface area contributed by atoms with Crippen molar-refractivity contribution >= 4 is 11.9 Å². The van der Waals surface area contributed by atoms with E-state index in [1.54, 1.807) is 0 Å². The van der Waals surface area contributed by atoms with Gasteiger partial charge in [0.2, 0.25) is 0 Å². The zero-order valence-electron chi connectivity index (χ0n) is 12.4. The smallest absolute Gasteiger partial charge is 0.344 e. The molecule has 0 radical (unpaired) electrons. The number of nitrogens with one attached hydrogen (secondary N) is 1. The number of hydrogen-bond acceptors (Lipinski definition) is 4. The van der Waals surface area contributed by atoms with E-state index in [-0.39, 0.29) is 25.2 Å². The van der Waals surface area contributed by atoms with E-state index in [9.17, 15) is 9.59 Å². The van der Waals surface area contributed by atoms with Crippen molar-refractivity contribution in [3.8, 4) is 5.75 Å². The third-order valence-electron chi connectivity index (χ3n) is 2.49. The maximum atomic E-state index is 11.5. The van der Waals surface area contributed by atoms with Crippen LogP contribution in [0.1, 0.15) is 25.0 Å². The van der Waals surface area contributed by atoms with Gasteiger partial charge in [-0.25, -0.2) is 4.79 Å². The van der Waals surface area contributed by atoms with E-state index < -0.39 is 5.97 Å². The van der Waals surface area contributed by atoms with E-state index in [4.69, 9.17) is 9.47 Å². The molecular formula is C15H21NO4. The van der Waals surface area contributed by atoms with E-state index >= 15 is 0 Å². The summed E-state index contributed by atoms with van der Waals surface area (Å²) in [5.41, 5.74) is 2.08. The molecule has 1 amide bonds. The Bertz CT molecular complexity index is 483. The molecule has 0 aromatic heterocycles. The number of esters is 1. The lowest BCUT2D eigenvalue weighted by Crippen LogP contribution is -2.34. The van der Waals surface area contributed by atoms with Crippen LogP contribution >= 0.6 is 0 Å². The molecule has 1 aromatic rings. The highest BCUT2D eigenvalue weighted by atomic mass is 16.6. The molecule has 0 bridgehead atoms. The van der Waals surface area contributed by atoms with Crippen LogP contribution in [0.25, 0.3) is 0 Å². The molecule has 0 aliphatic carbocycles. The predicted molar refractivity (Wildman–Crippen MR) is 75.6 cm³/mol. The predicted octanol–water partition coefficient (Wildman–Crippen LogP) is 1.75. The third kappa shape index (κ3) is 5.73. The molecule has 1 aromatic carbocycles. The Labute approximate surface area is 119 Å². The summed E-state index contributed by atoms with van der Waals surface area (Å²) < 4.78 is 10.2. The summed E-state index contributed by atoms with van der Waals surface area (Å²) >= 11 is 0. The fourth-order valence-corrected chi connectivity index (χ4v) is 1.65. The van der Waals surface area contributed by atoms with Crippen molar-refractivity contribution in [1.29, 1.82) is 0 Å². The van der Waals surface area contributed by atoms with Gasteiger partial charge < -0.3 is 14.8 Å². The molecule has 1 N–H and O–H groups in total. The summed E-state index contributed by atoms with van der Waals surface area (Å²) in [5, 5.41) is 2.63. The van der Waals surface area contributed by atoms with Crippen LogP contribution in [0, 0.1) is 13.8 Å². The maximum absolute atomic E-state index is 11.5. The second-order valence-corrected chi connectivity index (χ2v) is 4.94. The third-order valence-corrected chi connectivity index (χ3v) is 2.49. The molecule has 20 heavy (non-hydrogen) atoms. The standard InChI is InChI=1S/C15H21NO4/c1-10(2)16-14(17)8-20-15(18)9-19-13-6-5-11(3)7-12(13)4/h5-7,10H,8-9H2,1-4H3,(H,16,17). The second-order valence-electron chi connectivity index (χ2n) is 4.94. The van der Waals surface area contributed by atoms with Gasteiger partial charge in [0.05, 0.1) is 0 Å². The monoisotopic (exact) mass is 279 g/mol. The summed E-state index contributed by atoms with van der Waals surface area (Å²) in [6.07, 6.45) is 0. The Hall–Kier alpha value is -2.04. The van der Waals surface area contributed by atoms with Crippen molar-refractivity contribution in [1.82, 2.24) is 5.32 Å². The molecule has 5 nitrogen and oxygen atoms in total. The topological polar surface area (TPSA) is 64.6 Å². The largest absolute Gasteiger partial charge is 0.482 e. The lowest BCUT2D eigenvalue weighted by atomic mass is 10.1. The molecule has 0 spiro atoms. The fraction of sp³-hybridized carbons (Fsp3) is 0.467. The average Bonchev–Trinajstić information content (AvgIpc) is 2.34. The van der Waals surface area contributed by atoms with Crippen LogP contribution in [-0.2, 0) is 14.3 Å². The molecular weight excluding hydrogens is 258 g/mol. The van der Waals surface area contributed by atoms with Crippen LogP contribution < -0.4 is 10.1 Å². The van der Waals surface area contributed by atoms with E-state index in [0.29, 0.717) is 5.75 Å². The van der Waals surface area contributed by atoms with Gasteiger partial charge in [0, 0.05) is 6.04 Å². The molecule has 0 aliphatic heterocycles. The van der Waals surface area contributed by atoms with Crippen LogP contribution in [0.4, 0.5) is 0 Å². The first-order valence-electron chi connectivity index (χ1n) is 6.53. The van der Waals surface area contributed by atoms with Crippen molar-refractivity contribution in [3.05, 3.63) is 29.3 Å². The van der Waals surface area contributed by atoms with Crippen molar-refractivity contribution in [2.75, 3.05) is 13.2 Å². The lowest BCUT2D eigenvalue weighted by molar-refractivity contribution is -0.150. The summed E-state index contributed by atoms with van der Waals surface area (Å²) in [7, 11) is 0. The quantitative estimate of drug-likeness (QED) is 0.806. The van der Waals surface area contributed by atoms with Gasteiger partial charge in [-0.2, -0.15) is 0 Å². The number of aryl methyl sites for hydroxylation is 2. The Kier molecular flexibility index (Phi) is 6.03. The van der Waals surface area contributed by atoms with Crippen LogP contribution in [0.5, 0.6) is 5.75 Å². The lowest BCUT2D eigenvalue weighted by Gasteiger charge is -2.11. The normalized spacial score (nSPS) is 10.2. The van der Waals surface area contributed by atoms with Gasteiger partial charge in [-0.15, -0.1) is 0 Å². The van der Waals surface area contributed by atoms with Crippen molar-refractivity contribution in [3.63, 3.8) is 0 Å². The summed E-state index contributed by atoms with van der Waals surface area (Å²) in [5.74, 6) is -0.247. The molecule has 0 fully saturated rings. The molecule has 5 heteroatoms. The highest BCUT2D eigenvalue weighted by Crippen LogP contribution is 2.18. The Morgan fingerprint density at radius 2 is 1.90 bits per heavy atom. The molecule has 0 atom stereocenters. The van der Waals surface area contributed by atoms with Gasteiger partial charge in [-0.3, -0.25) is 4.79 Å². The minimum absolute atomic E-state index is 0.0210. The number of amides is 1. The maximum Gasteiger partial charge on any atom is 0.344 e. The minimum Gasteiger partial charge on any atom is -0.482 e. The zero-order valence-corrected chi connectivity index (χ0v) is 12.4. The zero-order chi connectivity index (χ0) is 15.1. The van der Waals surface area contributed by atoms with E-state index in [1.807, 2.05) is 45.9 Å². The number of hydrogen-bond donors (Lipinski definition) is 1. The first-order valence-corrected chi connectivity index (χ1v) is 6.53. The number of carbonyl (C=O) groups is 2. The van der Waals surface area contributed by atoms with Crippen LogP contribution in [0.15, 0.2) is 18.2 Å². The van der Waals surface area contributed by atoms with Crippen LogP contribution in [-0.4, -0.2) is 31.1 Å². The SMILES string of the molecule is Cc1ccc(OCC(=O)OCC(=O)NC(C)C)c(C)c1. The highest BCUT2D eigenvalue weighted by Gasteiger charge is 2.10. The number of carbonyl (C=O) groups excluding carboxylic acids is 2. The average molecular weight is 279 g/mol. The Morgan fingerprint density at radius 3 is 2.50 bits per heavy atom. The first kappa shape index (κ1) is 16.0. The van der Waals surface area contributed by atoms with E-state index in [1.165, 1.54) is 0 Å². The van der Waals surface area contributed by atoms with Gasteiger partial charge >= 0.3 is 5.97 Å². The molecule has 0 unspecified atom stereocenters. The van der Waals surface area contributed by atoms with Crippen molar-refractivity contribution < 1.29 is 19.1 Å². The first-order chi connectivity index (χ1) is 9.38. The summed E-state index contributed by atoms with van der Waals surface area (Å²) in [4.78, 5) is 22.8. The van der Waals surface area contributed by atoms with Gasteiger partial charge in [-0.1, -0.05) is 17.7 Å². The van der Waals surface area contributed by atoms with Gasteiger partial charge in [-0.05, 0) is 39.3 Å². The van der Waals surface area contributed by atoms with E-state index in [0.717, 1.165) is 11.1 Å². The van der Waals surface area contributed by atoms with Crippen LogP contribution in [0.3, 0.4) is 0 Å². The van der Waals surface area contributed by atoms with Gasteiger partial charge in [0.25, 0.3) is 5.91 Å². The highest BCUT2D eigenvalue weighted by molar-refractivity contribution is 5.81. The van der Waals surface area contributed by atoms with Crippen molar-refractivity contribution in [2.45, 2.75) is 33.7 Å². The summed E-state index contributed by atoms with van der Waals surface area (Å²) in [6, 6.07) is 5.71. The second kappa shape index (κ2) is 7.53. The van der Waals surface area contributed by atoms with Gasteiger partial charge in [0.1, 0.15) is 5.75 Å². The Morgan fingerprint density at radius 1 is 1.20 bits per heavy atom. The van der Waals surface area contributed by atoms with Crippen LogP contribution in [0.2, 0.25) is 0 Å². The summed E-state index contributed by atoms with van der Waals surface area (Å²) in [6.45, 7) is 7.07.